The van der Waals surface area contributed by atoms with E-state index in [9.17, 15) is 0 Å². The Balaban J connectivity index is 1.48. The molecule has 0 bridgehead atoms. The predicted octanol–water partition coefficient (Wildman–Crippen LogP) is 10.7. The lowest BCUT2D eigenvalue weighted by molar-refractivity contribution is 1.75. The lowest BCUT2D eigenvalue weighted by Crippen LogP contribution is -2.63. The molecule has 9 heteroatoms. The summed E-state index contributed by atoms with van der Waals surface area (Å²) in [7, 11) is 4.69. The Bertz CT molecular complexity index is 2610. The third-order valence-corrected chi connectivity index (χ3v) is 69.4. The average Bonchev–Trinajstić information content (AvgIpc) is 3.31. The van der Waals surface area contributed by atoms with E-state index >= 15 is 0 Å². The molecule has 0 fully saturated rings. The first-order chi connectivity index (χ1) is 29.0. The molecule has 8 aromatic rings. The van der Waals surface area contributed by atoms with Crippen molar-refractivity contribution in [2.24, 2.45) is 0 Å². The second kappa shape index (κ2) is 16.1. The van der Waals surface area contributed by atoms with Gasteiger partial charge < -0.3 is 0 Å². The minimum Gasteiger partial charge on any atom is -0.126 e. The molecule has 59 heavy (non-hydrogen) atoms. The van der Waals surface area contributed by atoms with Crippen LogP contribution in [0.4, 0.5) is 0 Å². The van der Waals surface area contributed by atoms with E-state index < -0.39 is 30.6 Å². The van der Waals surface area contributed by atoms with Crippen molar-refractivity contribution in [1.29, 1.82) is 0 Å². The van der Waals surface area contributed by atoms with Gasteiger partial charge in [-0.2, -0.15) is 0 Å². The van der Waals surface area contributed by atoms with Gasteiger partial charge in [0, 0.05) is 21.4 Å². The van der Waals surface area contributed by atoms with E-state index in [1.807, 2.05) is 0 Å². The maximum atomic E-state index is 7.71. The molecule has 0 N–H and O–H groups in total. The lowest BCUT2D eigenvalue weighted by atomic mass is 10.4. The summed E-state index contributed by atoms with van der Waals surface area (Å²) in [5, 5.41) is 10.7. The van der Waals surface area contributed by atoms with Gasteiger partial charge in [-0.25, -0.2) is 0 Å². The molecule has 0 saturated heterocycles. The number of hydrogen-bond acceptors (Lipinski definition) is 4. The van der Waals surface area contributed by atoms with Crippen molar-refractivity contribution >= 4 is 128 Å². The van der Waals surface area contributed by atoms with Crippen molar-refractivity contribution in [2.75, 3.05) is 0 Å². The summed E-state index contributed by atoms with van der Waals surface area (Å²) in [6, 6.07) is 85.1. The van der Waals surface area contributed by atoms with E-state index in [1.165, 1.54) is 42.4 Å². The molecule has 10 rings (SSSR count). The van der Waals surface area contributed by atoms with Crippen molar-refractivity contribution in [3.63, 3.8) is 0 Å². The molecular formula is C50H40P4S4Si. The summed E-state index contributed by atoms with van der Waals surface area (Å²) < 4.78 is 3.30. The first kappa shape index (κ1) is 39.7. The Morgan fingerprint density at radius 2 is 0.475 bits per heavy atom. The summed E-state index contributed by atoms with van der Waals surface area (Å²) in [6.45, 7) is 0. The number of hydrogen-bond donors (Lipinski definition) is 0. The van der Waals surface area contributed by atoms with Gasteiger partial charge in [-0.1, -0.05) is 266 Å². The molecule has 2 aliphatic heterocycles. The van der Waals surface area contributed by atoms with Crippen LogP contribution >= 0.6 is 45.9 Å². The summed E-state index contributed by atoms with van der Waals surface area (Å²) in [6.07, 6.45) is -7.63. The Kier molecular flexibility index (Phi) is 10.8. The predicted molar refractivity (Wildman–Crippen MR) is 282 cm³/mol. The molecule has 0 nitrogen and oxygen atoms in total. The maximum Gasteiger partial charge on any atom is 0.255 e. The summed E-state index contributed by atoms with van der Waals surface area (Å²) in [5.74, 6) is 0. The van der Waals surface area contributed by atoms with Gasteiger partial charge in [0.05, 0.1) is 0 Å². The van der Waals surface area contributed by atoms with Gasteiger partial charge in [0.15, 0.2) is 0 Å². The standard InChI is InChI=1S/C50H40P4S4Si/c55-51(41-25-9-1-10-26-41,42-27-11-2-12-28-42)49-53(45-33-17-5-18-34-45,46-35-19-6-20-36-46)57-59(49)50(52(56,43-29-13-3-14-30-43)44-31-15-4-16-32-44)54(58-59,47-37-21-7-22-38-47)48-39-23-8-24-40-48/h1-40H. The molecule has 2 heterocycles. The molecule has 0 unspecified atom stereocenters. The minimum atomic E-state index is -2.90. The summed E-state index contributed by atoms with van der Waals surface area (Å²) in [5.41, 5.74) is 0. The second-order valence-corrected chi connectivity index (χ2v) is 45.8. The first-order valence-corrected chi connectivity index (χ1v) is 35.1. The fourth-order valence-corrected chi connectivity index (χ4v) is 99.0. The molecule has 8 aromatic carbocycles. The Morgan fingerprint density at radius 1 is 0.288 bits per heavy atom. The monoisotopic (exact) mass is 920 g/mol. The van der Waals surface area contributed by atoms with E-state index in [-0.39, 0.29) is 0 Å². The molecular weight excluding hydrogens is 881 g/mol. The van der Waals surface area contributed by atoms with Gasteiger partial charge in [0.25, 0.3) is 6.37 Å². The highest BCUT2D eigenvalue weighted by atomic mass is 33.0. The van der Waals surface area contributed by atoms with Crippen molar-refractivity contribution in [3.8, 4) is 0 Å². The van der Waals surface area contributed by atoms with Crippen LogP contribution in [0, 0.1) is 0 Å². The van der Waals surface area contributed by atoms with E-state index in [2.05, 4.69) is 264 Å². The molecule has 2 aliphatic rings. The highest BCUT2D eigenvalue weighted by Gasteiger charge is 2.73. The summed E-state index contributed by atoms with van der Waals surface area (Å²) >= 11 is 15.4. The Labute approximate surface area is 367 Å². The molecule has 0 aromatic heterocycles. The smallest absolute Gasteiger partial charge is 0.126 e. The Hall–Kier alpha value is -3.42. The van der Waals surface area contributed by atoms with Crippen LogP contribution in [0.5, 0.6) is 0 Å². The van der Waals surface area contributed by atoms with E-state index in [4.69, 9.17) is 23.6 Å². The fourth-order valence-electron chi connectivity index (χ4n) is 8.79. The molecule has 0 aliphatic carbocycles. The van der Waals surface area contributed by atoms with Gasteiger partial charge in [-0.3, -0.25) is 0 Å². The van der Waals surface area contributed by atoms with Gasteiger partial charge in [-0.15, -0.1) is 21.7 Å². The SMILES string of the molecule is S=P(C1=P(c2ccccc2)(c2ccccc2)S[Si]12SP(c1ccccc1)(c1ccccc1)=C2P(=S)(c1ccccc1)c1ccccc1)(c1ccccc1)c1ccccc1. The zero-order valence-electron chi connectivity index (χ0n) is 32.0. The van der Waals surface area contributed by atoms with Gasteiger partial charge in [-0.05, 0) is 54.6 Å². The van der Waals surface area contributed by atoms with Crippen LogP contribution in [0.1, 0.15) is 0 Å². The van der Waals surface area contributed by atoms with E-state index in [0.29, 0.717) is 0 Å². The first-order valence-electron chi connectivity index (χ1n) is 19.6. The second-order valence-electron chi connectivity index (χ2n) is 14.6. The van der Waals surface area contributed by atoms with Crippen LogP contribution in [-0.2, 0) is 23.6 Å². The highest BCUT2D eigenvalue weighted by molar-refractivity contribution is 9.13. The molecule has 0 saturated carbocycles. The maximum absolute atomic E-state index is 7.71. The summed E-state index contributed by atoms with van der Waals surface area (Å²) in [4.78, 5) is 0. The highest BCUT2D eigenvalue weighted by Crippen LogP contribution is 2.93. The van der Waals surface area contributed by atoms with Crippen LogP contribution in [0.15, 0.2) is 243 Å². The number of benzene rings is 8. The third-order valence-electron chi connectivity index (χ3n) is 11.3. The van der Waals surface area contributed by atoms with Gasteiger partial charge in [0.2, 0.25) is 0 Å². The van der Waals surface area contributed by atoms with E-state index in [0.717, 1.165) is 0 Å². The molecule has 0 radical (unpaired) electrons. The van der Waals surface area contributed by atoms with E-state index in [1.54, 1.807) is 9.32 Å². The Morgan fingerprint density at radius 3 is 0.678 bits per heavy atom. The minimum absolute atomic E-state index is 1.27. The molecule has 288 valence electrons. The normalized spacial score (nSPS) is 16.5. The zero-order valence-corrected chi connectivity index (χ0v) is 39.9. The lowest BCUT2D eigenvalue weighted by Gasteiger charge is -2.65. The van der Waals surface area contributed by atoms with Crippen LogP contribution < -0.4 is 42.4 Å². The van der Waals surface area contributed by atoms with Crippen molar-refractivity contribution < 1.29 is 0 Å². The molecule has 1 spiro atoms. The molecule has 0 atom stereocenters. The topological polar surface area (TPSA) is 0 Å². The van der Waals surface area contributed by atoms with Crippen LogP contribution in [0.2, 0.25) is 0 Å². The largest absolute Gasteiger partial charge is 0.255 e. The zero-order chi connectivity index (χ0) is 40.0. The van der Waals surface area contributed by atoms with Gasteiger partial charge in [0.1, 0.15) is 0 Å². The van der Waals surface area contributed by atoms with Crippen molar-refractivity contribution in [3.05, 3.63) is 243 Å². The quantitative estimate of drug-likeness (QED) is 0.0990. The third kappa shape index (κ3) is 6.15. The fraction of sp³-hybridized carbons (Fsp3) is 0. The number of rotatable bonds is 10. The van der Waals surface area contributed by atoms with Crippen molar-refractivity contribution in [1.82, 2.24) is 0 Å². The van der Waals surface area contributed by atoms with Crippen LogP contribution in [-0.4, -0.2) is 15.7 Å². The van der Waals surface area contributed by atoms with Crippen LogP contribution in [0.25, 0.3) is 0 Å². The van der Waals surface area contributed by atoms with Crippen LogP contribution in [0.3, 0.4) is 0 Å². The van der Waals surface area contributed by atoms with Gasteiger partial charge >= 0.3 is 0 Å². The average molecular weight is 921 g/mol. The van der Waals surface area contributed by atoms with Crippen molar-refractivity contribution in [2.45, 2.75) is 0 Å². The molecule has 0 amide bonds.